The lowest BCUT2D eigenvalue weighted by Crippen LogP contribution is -2.45. The molecule has 0 heterocycles. The maximum atomic E-state index is 13.9. The van der Waals surface area contributed by atoms with Gasteiger partial charge in [0, 0.05) is 23.3 Å². The van der Waals surface area contributed by atoms with Crippen molar-refractivity contribution in [2.45, 2.75) is 37.0 Å². The van der Waals surface area contributed by atoms with E-state index in [1.165, 1.54) is 11.1 Å². The number of hydrogen-bond acceptors (Lipinski definition) is 4. The van der Waals surface area contributed by atoms with Crippen LogP contribution in [0.1, 0.15) is 51.1 Å². The van der Waals surface area contributed by atoms with Crippen molar-refractivity contribution in [2.24, 2.45) is 0 Å². The molecule has 4 aromatic carbocycles. The van der Waals surface area contributed by atoms with E-state index in [9.17, 15) is 19.8 Å². The number of Topliss-reactive ketones (excluding diaryl/α,β-unsaturated/α-hetero) is 2. The molecule has 0 amide bonds. The summed E-state index contributed by atoms with van der Waals surface area (Å²) in [6.07, 6.45) is 7.52. The fraction of sp³-hybridized carbons (Fsp3) is 0.176. The van der Waals surface area contributed by atoms with Crippen LogP contribution in [0.15, 0.2) is 60.2 Å². The highest BCUT2D eigenvalue weighted by Crippen LogP contribution is 2.56. The van der Waals surface area contributed by atoms with Crippen LogP contribution in [-0.4, -0.2) is 21.8 Å². The summed E-state index contributed by atoms with van der Waals surface area (Å²) in [4.78, 5) is 27.6. The van der Waals surface area contributed by atoms with Gasteiger partial charge in [0.25, 0.3) is 0 Å². The Morgan fingerprint density at radius 1 is 0.737 bits per heavy atom. The SMILES string of the molecule is O=C1C=c2c3c4c(c5c(O)c(O)c6c(c25)C1Cc1ccccc1-6)CC(=O)C1c2ccccc2CC(=CC=3)C41. The highest BCUT2D eigenvalue weighted by molar-refractivity contribution is 6.20. The van der Waals surface area contributed by atoms with Crippen molar-refractivity contribution in [1.82, 2.24) is 0 Å². The number of phenols is 2. The van der Waals surface area contributed by atoms with Gasteiger partial charge in [-0.1, -0.05) is 66.3 Å². The van der Waals surface area contributed by atoms with Gasteiger partial charge in [-0.2, -0.15) is 0 Å². The van der Waals surface area contributed by atoms with Crippen LogP contribution in [0.2, 0.25) is 0 Å². The molecule has 4 heteroatoms. The monoisotopic (exact) mass is 494 g/mol. The number of fused-ring (bicyclic) bond motifs is 6. The first-order chi connectivity index (χ1) is 18.5. The predicted octanol–water partition coefficient (Wildman–Crippen LogP) is 4.19. The largest absolute Gasteiger partial charge is 0.504 e. The molecule has 0 spiro atoms. The quantitative estimate of drug-likeness (QED) is 0.360. The first-order valence-corrected chi connectivity index (χ1v) is 13.2. The minimum atomic E-state index is -0.421. The zero-order valence-electron chi connectivity index (χ0n) is 20.4. The molecule has 4 aromatic rings. The number of rotatable bonds is 0. The van der Waals surface area contributed by atoms with Gasteiger partial charge in [-0.05, 0) is 73.7 Å². The van der Waals surface area contributed by atoms with E-state index in [2.05, 4.69) is 24.3 Å². The number of allylic oxidation sites excluding steroid dienone is 2. The molecule has 4 nitrogen and oxygen atoms in total. The standard InChI is InChI=1S/C34H22O4/c35-24-13-21-20-10-9-17-11-15-5-1-3-7-18(15)28-25(36)14-23(27(20)26(17)28)32-29(21)30-22(24)12-16-6-2-4-8-19(16)31(30)33(37)34(32)38/h1-10,13,22,26,28,37-38H,11-12,14H2. The van der Waals surface area contributed by atoms with Crippen LogP contribution in [0.3, 0.4) is 0 Å². The average molecular weight is 495 g/mol. The van der Waals surface area contributed by atoms with E-state index in [0.29, 0.717) is 17.4 Å². The Balaban J connectivity index is 1.48. The van der Waals surface area contributed by atoms with Gasteiger partial charge in [0.05, 0.1) is 11.8 Å². The Morgan fingerprint density at radius 3 is 2.39 bits per heavy atom. The number of aromatic hydroxyl groups is 2. The fourth-order valence-electron chi connectivity index (χ4n) is 8.20. The maximum Gasteiger partial charge on any atom is 0.166 e. The second kappa shape index (κ2) is 6.70. The third-order valence-electron chi connectivity index (χ3n) is 9.64. The van der Waals surface area contributed by atoms with E-state index < -0.39 is 5.92 Å². The molecule has 0 bridgehead atoms. The second-order valence-corrected chi connectivity index (χ2v) is 11.3. The first-order valence-electron chi connectivity index (χ1n) is 13.2. The zero-order valence-corrected chi connectivity index (χ0v) is 20.4. The molecule has 182 valence electrons. The lowest BCUT2D eigenvalue weighted by Gasteiger charge is -2.42. The summed E-state index contributed by atoms with van der Waals surface area (Å²) in [5.41, 5.74) is 8.50. The smallest absolute Gasteiger partial charge is 0.166 e. The van der Waals surface area contributed by atoms with E-state index in [-0.39, 0.29) is 41.3 Å². The summed E-state index contributed by atoms with van der Waals surface area (Å²) in [6.45, 7) is 0. The lowest BCUT2D eigenvalue weighted by atomic mass is 9.60. The van der Waals surface area contributed by atoms with Crippen molar-refractivity contribution in [3.05, 3.63) is 104 Å². The summed E-state index contributed by atoms with van der Waals surface area (Å²) in [7, 11) is 0. The predicted molar refractivity (Wildman–Crippen MR) is 145 cm³/mol. The number of benzene rings is 4. The first kappa shape index (κ1) is 20.6. The molecule has 0 aliphatic heterocycles. The number of carbonyl (C=O) groups excluding carboxylic acids is 2. The molecule has 3 unspecified atom stereocenters. The molecule has 0 fully saturated rings. The number of ketones is 2. The van der Waals surface area contributed by atoms with Crippen LogP contribution >= 0.6 is 0 Å². The van der Waals surface area contributed by atoms with Crippen LogP contribution in [-0.2, 0) is 28.9 Å². The van der Waals surface area contributed by atoms with Crippen LogP contribution in [0, 0.1) is 0 Å². The van der Waals surface area contributed by atoms with Crippen LogP contribution in [0.5, 0.6) is 11.5 Å². The fourth-order valence-corrected chi connectivity index (χ4v) is 8.20. The van der Waals surface area contributed by atoms with Crippen molar-refractivity contribution < 1.29 is 19.8 Å². The molecule has 0 saturated carbocycles. The van der Waals surface area contributed by atoms with Gasteiger partial charge in [-0.15, -0.1) is 0 Å². The maximum absolute atomic E-state index is 13.9. The molecule has 38 heavy (non-hydrogen) atoms. The third kappa shape index (κ3) is 2.25. The van der Waals surface area contributed by atoms with E-state index in [1.807, 2.05) is 36.4 Å². The highest BCUT2D eigenvalue weighted by atomic mass is 16.3. The molecule has 5 aliphatic carbocycles. The Bertz CT molecular complexity index is 2030. The van der Waals surface area contributed by atoms with E-state index in [1.54, 1.807) is 6.08 Å². The van der Waals surface area contributed by atoms with Crippen LogP contribution < -0.4 is 10.4 Å². The summed E-state index contributed by atoms with van der Waals surface area (Å²) in [5.74, 6) is -1.04. The Labute approximate surface area is 217 Å². The molecular weight excluding hydrogens is 472 g/mol. The van der Waals surface area contributed by atoms with Crippen molar-refractivity contribution >= 4 is 34.5 Å². The molecule has 2 N–H and O–H groups in total. The van der Waals surface area contributed by atoms with Crippen molar-refractivity contribution in [1.29, 1.82) is 0 Å². The molecule has 5 aliphatic rings. The summed E-state index contributed by atoms with van der Waals surface area (Å²) >= 11 is 0. The van der Waals surface area contributed by atoms with E-state index >= 15 is 0 Å². The Hall–Kier alpha value is -4.44. The minimum Gasteiger partial charge on any atom is -0.504 e. The van der Waals surface area contributed by atoms with Gasteiger partial charge >= 0.3 is 0 Å². The van der Waals surface area contributed by atoms with Crippen LogP contribution in [0.4, 0.5) is 0 Å². The third-order valence-corrected chi connectivity index (χ3v) is 9.64. The van der Waals surface area contributed by atoms with Gasteiger partial charge in [0.1, 0.15) is 5.78 Å². The van der Waals surface area contributed by atoms with Gasteiger partial charge in [0.2, 0.25) is 0 Å². The molecule has 3 atom stereocenters. The minimum absolute atomic E-state index is 0.0245. The topological polar surface area (TPSA) is 74.6 Å². The van der Waals surface area contributed by atoms with E-state index in [4.69, 9.17) is 0 Å². The van der Waals surface area contributed by atoms with Crippen molar-refractivity contribution in [3.63, 3.8) is 0 Å². The van der Waals surface area contributed by atoms with Crippen molar-refractivity contribution in [2.75, 3.05) is 0 Å². The summed E-state index contributed by atoms with van der Waals surface area (Å²) in [5, 5.41) is 26.3. The Morgan fingerprint density at radius 2 is 1.53 bits per heavy atom. The van der Waals surface area contributed by atoms with E-state index in [0.717, 1.165) is 55.6 Å². The van der Waals surface area contributed by atoms with Crippen LogP contribution in [0.25, 0.3) is 34.1 Å². The number of hydrogen-bond donors (Lipinski definition) is 2. The highest BCUT2D eigenvalue weighted by Gasteiger charge is 2.46. The molecule has 0 radical (unpaired) electrons. The lowest BCUT2D eigenvalue weighted by molar-refractivity contribution is -0.120. The second-order valence-electron chi connectivity index (χ2n) is 11.3. The van der Waals surface area contributed by atoms with Gasteiger partial charge in [0.15, 0.2) is 17.3 Å². The molecule has 9 rings (SSSR count). The number of carbonyl (C=O) groups is 2. The van der Waals surface area contributed by atoms with Gasteiger partial charge < -0.3 is 10.2 Å². The normalized spacial score (nSPS) is 23.1. The molecule has 0 aromatic heterocycles. The summed E-state index contributed by atoms with van der Waals surface area (Å²) < 4.78 is 0. The van der Waals surface area contributed by atoms with Crippen molar-refractivity contribution in [3.8, 4) is 22.6 Å². The Kier molecular flexibility index (Phi) is 3.63. The average Bonchev–Trinajstić information content (AvgIpc) is 2.93. The number of phenolic OH excluding ortho intramolecular Hbond substituents is 2. The summed E-state index contributed by atoms with van der Waals surface area (Å²) in [6, 6.07) is 16.0. The molecule has 0 saturated heterocycles. The molecular formula is C34H22O4. The zero-order chi connectivity index (χ0) is 25.4. The van der Waals surface area contributed by atoms with Gasteiger partial charge in [-0.25, -0.2) is 0 Å². The van der Waals surface area contributed by atoms with Gasteiger partial charge in [-0.3, -0.25) is 9.59 Å².